The third-order valence-corrected chi connectivity index (χ3v) is 7.64. The summed E-state index contributed by atoms with van der Waals surface area (Å²) in [7, 11) is -7.48. The van der Waals surface area contributed by atoms with Crippen LogP contribution in [0, 0.1) is 0 Å². The third kappa shape index (κ3) is 9.62. The van der Waals surface area contributed by atoms with E-state index in [1.807, 2.05) is 0 Å². The zero-order valence-electron chi connectivity index (χ0n) is 20.2. The molecule has 1 aliphatic rings. The Morgan fingerprint density at radius 3 is 1.29 bits per heavy atom. The lowest BCUT2D eigenvalue weighted by molar-refractivity contribution is -0.261. The maximum Gasteiger partial charge on any atom is 0.187 e. The summed E-state index contributed by atoms with van der Waals surface area (Å²) >= 11 is 0. The minimum Gasteiger partial charge on any atom is -0.409 e. The van der Waals surface area contributed by atoms with Crippen molar-refractivity contribution < 1.29 is 22.4 Å². The van der Waals surface area contributed by atoms with Crippen LogP contribution in [0.25, 0.3) is 0 Å². The van der Waals surface area contributed by atoms with E-state index in [2.05, 4.69) is 78.6 Å². The molecule has 1 aliphatic heterocycles. The highest BCUT2D eigenvalue weighted by Crippen LogP contribution is 2.34. The zero-order chi connectivity index (χ0) is 22.1. The van der Waals surface area contributed by atoms with Crippen LogP contribution in [-0.4, -0.2) is 70.5 Å². The van der Waals surface area contributed by atoms with E-state index in [1.54, 1.807) is 0 Å². The number of hydrogen-bond acceptors (Lipinski definition) is 6. The Balaban J connectivity index is 3.40. The molecule has 5 atom stereocenters. The SMILES string of the molecule is C[Si](C)(C)O[C@H]1O[C@H](CN)[C@@H](O[Si](C)(C)C)[C@H](O[Si](C)(C)C)[C@H]1O[Si](C)(C)C. The largest absolute Gasteiger partial charge is 0.409 e. The van der Waals surface area contributed by atoms with Gasteiger partial charge >= 0.3 is 0 Å². The second-order valence-corrected chi connectivity index (χ2v) is 29.4. The smallest absolute Gasteiger partial charge is 0.187 e. The summed E-state index contributed by atoms with van der Waals surface area (Å²) in [6, 6.07) is 0. The van der Waals surface area contributed by atoms with E-state index in [0.29, 0.717) is 6.54 Å². The normalized spacial score (nSPS) is 30.5. The standard InChI is InChI=1S/C18H45NO5Si4/c1-25(2,3)21-15-14(13-19)20-18(24-28(10,11)12)17(23-27(7,8)9)16(15)22-26(4,5)6/h14-18H,13,19H2,1-12H3/t14-,15-,16+,17-,18-/m1/s1. The van der Waals surface area contributed by atoms with Gasteiger partial charge in [0, 0.05) is 6.54 Å². The van der Waals surface area contributed by atoms with Crippen molar-refractivity contribution in [1.29, 1.82) is 0 Å². The molecule has 168 valence electrons. The number of ether oxygens (including phenoxy) is 1. The molecule has 10 heteroatoms. The minimum atomic E-state index is -1.88. The highest BCUT2D eigenvalue weighted by atomic mass is 28.4. The number of hydrogen-bond donors (Lipinski definition) is 1. The van der Waals surface area contributed by atoms with Crippen molar-refractivity contribution in [2.75, 3.05) is 6.54 Å². The molecule has 0 spiro atoms. The van der Waals surface area contributed by atoms with Crippen LogP contribution >= 0.6 is 0 Å². The van der Waals surface area contributed by atoms with E-state index in [9.17, 15) is 0 Å². The lowest BCUT2D eigenvalue weighted by atomic mass is 9.99. The van der Waals surface area contributed by atoms with Gasteiger partial charge in [0.25, 0.3) is 0 Å². The highest BCUT2D eigenvalue weighted by Gasteiger charge is 2.52. The highest BCUT2D eigenvalue weighted by molar-refractivity contribution is 6.71. The van der Waals surface area contributed by atoms with Crippen molar-refractivity contribution in [2.45, 2.75) is 109 Å². The fourth-order valence-corrected chi connectivity index (χ4v) is 7.27. The van der Waals surface area contributed by atoms with Crippen LogP contribution in [0.15, 0.2) is 0 Å². The van der Waals surface area contributed by atoms with Crippen molar-refractivity contribution in [3.63, 3.8) is 0 Å². The summed E-state index contributed by atoms with van der Waals surface area (Å²) in [5.74, 6) is 0. The van der Waals surface area contributed by atoms with E-state index in [4.69, 9.17) is 28.2 Å². The van der Waals surface area contributed by atoms with E-state index in [-0.39, 0.29) is 24.4 Å². The second kappa shape index (κ2) is 9.41. The van der Waals surface area contributed by atoms with Crippen molar-refractivity contribution in [2.24, 2.45) is 5.73 Å². The molecule has 0 aromatic heterocycles. The predicted molar refractivity (Wildman–Crippen MR) is 127 cm³/mol. The molecular weight excluding hydrogens is 423 g/mol. The minimum absolute atomic E-state index is 0.242. The summed E-state index contributed by atoms with van der Waals surface area (Å²) in [6.07, 6.45) is -1.54. The molecule has 0 aliphatic carbocycles. The van der Waals surface area contributed by atoms with E-state index < -0.39 is 39.6 Å². The molecule has 0 saturated carbocycles. The monoisotopic (exact) mass is 467 g/mol. The molecule has 6 nitrogen and oxygen atoms in total. The summed E-state index contributed by atoms with van der Waals surface area (Å²) in [6.45, 7) is 26.6. The predicted octanol–water partition coefficient (Wildman–Crippen LogP) is 4.18. The number of rotatable bonds is 9. The van der Waals surface area contributed by atoms with Gasteiger partial charge in [0.15, 0.2) is 39.6 Å². The molecule has 1 saturated heterocycles. The molecule has 28 heavy (non-hydrogen) atoms. The van der Waals surface area contributed by atoms with Crippen LogP contribution in [0.4, 0.5) is 0 Å². The van der Waals surface area contributed by atoms with Crippen LogP contribution in [-0.2, 0) is 22.4 Å². The maximum absolute atomic E-state index is 6.71. The average molecular weight is 468 g/mol. The molecule has 1 fully saturated rings. The van der Waals surface area contributed by atoms with Gasteiger partial charge in [-0.05, 0) is 78.6 Å². The molecule has 1 heterocycles. The van der Waals surface area contributed by atoms with Crippen molar-refractivity contribution >= 4 is 33.3 Å². The van der Waals surface area contributed by atoms with Gasteiger partial charge in [0.1, 0.15) is 24.4 Å². The van der Waals surface area contributed by atoms with E-state index in [0.717, 1.165) is 0 Å². The maximum atomic E-state index is 6.71. The van der Waals surface area contributed by atoms with Crippen LogP contribution < -0.4 is 5.73 Å². The molecule has 0 aromatic carbocycles. The van der Waals surface area contributed by atoms with Gasteiger partial charge in [0.05, 0.1) is 0 Å². The molecule has 0 radical (unpaired) electrons. The molecule has 1 rings (SSSR count). The second-order valence-electron chi connectivity index (χ2n) is 11.6. The molecule has 0 amide bonds. The Kier molecular flexibility index (Phi) is 8.96. The molecule has 0 unspecified atom stereocenters. The van der Waals surface area contributed by atoms with Gasteiger partial charge < -0.3 is 28.2 Å². The van der Waals surface area contributed by atoms with Crippen molar-refractivity contribution in [3.05, 3.63) is 0 Å². The summed E-state index contributed by atoms with van der Waals surface area (Å²) in [5.41, 5.74) is 6.13. The van der Waals surface area contributed by atoms with Crippen LogP contribution in [0.5, 0.6) is 0 Å². The first-order valence-corrected chi connectivity index (χ1v) is 24.0. The first-order chi connectivity index (χ1) is 12.3. The average Bonchev–Trinajstić information content (AvgIpc) is 2.39. The lowest BCUT2D eigenvalue weighted by Crippen LogP contribution is -2.67. The van der Waals surface area contributed by atoms with Gasteiger partial charge in [-0.15, -0.1) is 0 Å². The molecule has 2 N–H and O–H groups in total. The van der Waals surface area contributed by atoms with E-state index >= 15 is 0 Å². The summed E-state index contributed by atoms with van der Waals surface area (Å²) < 4.78 is 32.8. The number of nitrogens with two attached hydrogens (primary N) is 1. The van der Waals surface area contributed by atoms with Crippen LogP contribution in [0.2, 0.25) is 78.6 Å². The summed E-state index contributed by atoms with van der Waals surface area (Å²) in [5, 5.41) is 0. The van der Waals surface area contributed by atoms with Crippen LogP contribution in [0.1, 0.15) is 0 Å². The lowest BCUT2D eigenvalue weighted by Gasteiger charge is -2.51. The van der Waals surface area contributed by atoms with Gasteiger partial charge in [0.2, 0.25) is 0 Å². The fourth-order valence-electron chi connectivity index (χ4n) is 3.14. The Labute approximate surface area is 177 Å². The third-order valence-electron chi connectivity index (χ3n) is 3.76. The Hall–Kier alpha value is 0.628. The Bertz CT molecular complexity index is 496. The first-order valence-electron chi connectivity index (χ1n) is 10.4. The fraction of sp³-hybridized carbons (Fsp3) is 1.00. The van der Waals surface area contributed by atoms with Gasteiger partial charge in [-0.2, -0.15) is 0 Å². The summed E-state index contributed by atoms with van der Waals surface area (Å²) in [4.78, 5) is 0. The van der Waals surface area contributed by atoms with Crippen molar-refractivity contribution in [1.82, 2.24) is 0 Å². The molecule has 0 aromatic rings. The first kappa shape index (κ1) is 26.7. The Morgan fingerprint density at radius 2 is 0.929 bits per heavy atom. The Morgan fingerprint density at radius 1 is 0.571 bits per heavy atom. The molecule has 0 bridgehead atoms. The van der Waals surface area contributed by atoms with Gasteiger partial charge in [-0.25, -0.2) is 0 Å². The quantitative estimate of drug-likeness (QED) is 0.513. The molecular formula is C18H45NO5Si4. The zero-order valence-corrected chi connectivity index (χ0v) is 24.2. The van der Waals surface area contributed by atoms with Crippen LogP contribution in [0.3, 0.4) is 0 Å². The van der Waals surface area contributed by atoms with Gasteiger partial charge in [-0.3, -0.25) is 0 Å². The van der Waals surface area contributed by atoms with Gasteiger partial charge in [-0.1, -0.05) is 0 Å². The topological polar surface area (TPSA) is 72.2 Å². The van der Waals surface area contributed by atoms with E-state index in [1.165, 1.54) is 0 Å². The van der Waals surface area contributed by atoms with Crippen molar-refractivity contribution in [3.8, 4) is 0 Å².